The van der Waals surface area contributed by atoms with Gasteiger partial charge in [-0.1, -0.05) is 19.3 Å². The number of guanidine groups is 1. The second-order valence-corrected chi connectivity index (χ2v) is 8.61. The van der Waals surface area contributed by atoms with Gasteiger partial charge in [-0.25, -0.2) is 4.99 Å². The van der Waals surface area contributed by atoms with Crippen LogP contribution < -0.4 is 5.32 Å². The summed E-state index contributed by atoms with van der Waals surface area (Å²) >= 11 is 0. The molecule has 3 fully saturated rings. The van der Waals surface area contributed by atoms with E-state index in [0.29, 0.717) is 18.1 Å². The standard InChI is InChI=1S/C20H34N6O/c1-16-23-24-18(25(16)2)14-22-19(21-13-17-7-6-12-27-17)26-11-10-20(15-26)8-4-3-5-9-20/h17H,3-15H2,1-2H3,(H,21,22). The molecule has 0 bridgehead atoms. The number of nitrogens with zero attached hydrogens (tertiary/aromatic N) is 5. The van der Waals surface area contributed by atoms with Gasteiger partial charge in [0.15, 0.2) is 11.8 Å². The van der Waals surface area contributed by atoms with Gasteiger partial charge in [-0.15, -0.1) is 10.2 Å². The molecule has 0 aromatic carbocycles. The lowest BCUT2D eigenvalue weighted by Gasteiger charge is -2.33. The lowest BCUT2D eigenvalue weighted by atomic mass is 9.73. The molecule has 0 amide bonds. The third-order valence-electron chi connectivity index (χ3n) is 6.72. The fourth-order valence-electron chi connectivity index (χ4n) is 4.84. The summed E-state index contributed by atoms with van der Waals surface area (Å²) in [5.41, 5.74) is 0.520. The van der Waals surface area contributed by atoms with Crippen LogP contribution in [0.15, 0.2) is 4.99 Å². The normalized spacial score (nSPS) is 25.5. The summed E-state index contributed by atoms with van der Waals surface area (Å²) in [6, 6.07) is 0. The van der Waals surface area contributed by atoms with E-state index in [4.69, 9.17) is 9.73 Å². The van der Waals surface area contributed by atoms with E-state index < -0.39 is 0 Å². The summed E-state index contributed by atoms with van der Waals surface area (Å²) in [7, 11) is 2.01. The third kappa shape index (κ3) is 4.28. The Morgan fingerprint density at radius 1 is 1.22 bits per heavy atom. The van der Waals surface area contributed by atoms with Crippen molar-refractivity contribution in [2.45, 2.75) is 70.9 Å². The first kappa shape index (κ1) is 18.7. The molecule has 1 aromatic heterocycles. The number of aliphatic imine (C=N–C) groups is 1. The van der Waals surface area contributed by atoms with Crippen molar-refractivity contribution >= 4 is 5.96 Å². The van der Waals surface area contributed by atoms with Gasteiger partial charge in [-0.3, -0.25) is 0 Å². The monoisotopic (exact) mass is 374 g/mol. The van der Waals surface area contributed by atoms with E-state index in [1.807, 2.05) is 18.5 Å². The van der Waals surface area contributed by atoms with Crippen molar-refractivity contribution in [3.63, 3.8) is 0 Å². The Hall–Kier alpha value is -1.63. The van der Waals surface area contributed by atoms with Crippen LogP contribution in [0.4, 0.5) is 0 Å². The molecule has 4 rings (SSSR count). The summed E-state index contributed by atoms with van der Waals surface area (Å²) in [6.45, 7) is 6.53. The van der Waals surface area contributed by atoms with Crippen LogP contribution in [0.5, 0.6) is 0 Å². The lowest BCUT2D eigenvalue weighted by Crippen LogP contribution is -2.44. The molecular formula is C20H34N6O. The van der Waals surface area contributed by atoms with Crippen molar-refractivity contribution in [1.29, 1.82) is 0 Å². The van der Waals surface area contributed by atoms with Crippen molar-refractivity contribution in [2.24, 2.45) is 17.5 Å². The average molecular weight is 375 g/mol. The first-order valence-electron chi connectivity index (χ1n) is 10.6. The van der Waals surface area contributed by atoms with Gasteiger partial charge >= 0.3 is 0 Å². The quantitative estimate of drug-likeness (QED) is 0.647. The minimum atomic E-state index is 0.318. The van der Waals surface area contributed by atoms with Gasteiger partial charge in [0.2, 0.25) is 0 Å². The summed E-state index contributed by atoms with van der Waals surface area (Å²) in [6.07, 6.45) is 10.9. The van der Waals surface area contributed by atoms with E-state index in [2.05, 4.69) is 20.4 Å². The number of likely N-dealkylation sites (tertiary alicyclic amines) is 1. The molecule has 3 aliphatic rings. The van der Waals surface area contributed by atoms with Gasteiger partial charge in [0.05, 0.1) is 6.10 Å². The summed E-state index contributed by atoms with van der Waals surface area (Å²) < 4.78 is 7.82. The highest BCUT2D eigenvalue weighted by Gasteiger charge is 2.40. The molecule has 1 N–H and O–H groups in total. The zero-order chi connectivity index (χ0) is 18.7. The summed E-state index contributed by atoms with van der Waals surface area (Å²) in [5.74, 6) is 2.86. The minimum absolute atomic E-state index is 0.318. The second-order valence-electron chi connectivity index (χ2n) is 8.61. The maximum absolute atomic E-state index is 5.80. The predicted octanol–water partition coefficient (Wildman–Crippen LogP) is 2.40. The number of ether oxygens (including phenoxy) is 1. The molecular weight excluding hydrogens is 340 g/mol. The van der Waals surface area contributed by atoms with Crippen LogP contribution in [0.25, 0.3) is 0 Å². The van der Waals surface area contributed by atoms with Crippen molar-refractivity contribution in [2.75, 3.05) is 26.2 Å². The molecule has 150 valence electrons. The van der Waals surface area contributed by atoms with Crippen LogP contribution in [0, 0.1) is 12.3 Å². The molecule has 0 radical (unpaired) electrons. The summed E-state index contributed by atoms with van der Waals surface area (Å²) in [4.78, 5) is 7.42. The molecule has 1 saturated carbocycles. The molecule has 2 aliphatic heterocycles. The van der Waals surface area contributed by atoms with Gasteiger partial charge in [0.25, 0.3) is 0 Å². The number of rotatable bonds is 4. The van der Waals surface area contributed by atoms with Crippen molar-refractivity contribution in [3.8, 4) is 0 Å². The fourth-order valence-corrected chi connectivity index (χ4v) is 4.84. The van der Waals surface area contributed by atoms with E-state index in [1.54, 1.807) is 0 Å². The van der Waals surface area contributed by atoms with E-state index in [-0.39, 0.29) is 0 Å². The number of hydrogen-bond donors (Lipinski definition) is 1. The fraction of sp³-hybridized carbons (Fsp3) is 0.850. The van der Waals surface area contributed by atoms with Crippen LogP contribution in [-0.4, -0.2) is 58.0 Å². The highest BCUT2D eigenvalue weighted by Crippen LogP contribution is 2.43. The number of aromatic nitrogens is 3. The van der Waals surface area contributed by atoms with E-state index in [9.17, 15) is 0 Å². The summed E-state index contributed by atoms with van der Waals surface area (Å²) in [5, 5.41) is 12.0. The molecule has 7 nitrogen and oxygen atoms in total. The Balaban J connectivity index is 1.45. The van der Waals surface area contributed by atoms with Gasteiger partial charge in [-0.2, -0.15) is 0 Å². The Bertz CT molecular complexity index is 657. The Labute approximate surface area is 162 Å². The van der Waals surface area contributed by atoms with E-state index >= 15 is 0 Å². The first-order chi connectivity index (χ1) is 13.2. The molecule has 1 spiro atoms. The van der Waals surface area contributed by atoms with Crippen LogP contribution >= 0.6 is 0 Å². The smallest absolute Gasteiger partial charge is 0.194 e. The zero-order valence-electron chi connectivity index (χ0n) is 16.9. The highest BCUT2D eigenvalue weighted by atomic mass is 16.5. The number of hydrogen-bond acceptors (Lipinski definition) is 4. The van der Waals surface area contributed by atoms with Crippen molar-refractivity contribution in [3.05, 3.63) is 11.6 Å². The van der Waals surface area contributed by atoms with E-state index in [1.165, 1.54) is 44.9 Å². The Morgan fingerprint density at radius 3 is 2.78 bits per heavy atom. The maximum Gasteiger partial charge on any atom is 0.194 e. The average Bonchev–Trinajstić information content (AvgIpc) is 3.40. The molecule has 1 aromatic rings. The second kappa shape index (κ2) is 8.17. The molecule has 27 heavy (non-hydrogen) atoms. The van der Waals surface area contributed by atoms with E-state index in [0.717, 1.165) is 50.3 Å². The SMILES string of the molecule is Cc1nnc(CN=C(NCC2CCCO2)N2CCC3(CCCCC3)C2)n1C. The predicted molar refractivity (Wildman–Crippen MR) is 106 cm³/mol. The van der Waals surface area contributed by atoms with Gasteiger partial charge in [0.1, 0.15) is 12.4 Å². The molecule has 1 atom stereocenters. The van der Waals surface area contributed by atoms with Crippen LogP contribution in [-0.2, 0) is 18.3 Å². The van der Waals surface area contributed by atoms with Gasteiger partial charge in [0, 0.05) is 33.3 Å². The highest BCUT2D eigenvalue weighted by molar-refractivity contribution is 5.80. The first-order valence-corrected chi connectivity index (χ1v) is 10.6. The topological polar surface area (TPSA) is 67.6 Å². The molecule has 2 saturated heterocycles. The minimum Gasteiger partial charge on any atom is -0.376 e. The number of nitrogens with one attached hydrogen (secondary N) is 1. The van der Waals surface area contributed by atoms with Gasteiger partial charge in [-0.05, 0) is 44.4 Å². The molecule has 3 heterocycles. The molecule has 1 unspecified atom stereocenters. The largest absolute Gasteiger partial charge is 0.376 e. The Kier molecular flexibility index (Phi) is 5.66. The van der Waals surface area contributed by atoms with Crippen molar-refractivity contribution in [1.82, 2.24) is 25.0 Å². The van der Waals surface area contributed by atoms with Crippen LogP contribution in [0.1, 0.15) is 63.0 Å². The zero-order valence-corrected chi connectivity index (χ0v) is 16.9. The molecule has 1 aliphatic carbocycles. The van der Waals surface area contributed by atoms with Gasteiger partial charge < -0.3 is 19.5 Å². The van der Waals surface area contributed by atoms with Crippen molar-refractivity contribution < 1.29 is 4.74 Å². The maximum atomic E-state index is 5.80. The van der Waals surface area contributed by atoms with Crippen LogP contribution in [0.3, 0.4) is 0 Å². The number of aryl methyl sites for hydroxylation is 1. The lowest BCUT2D eigenvalue weighted by molar-refractivity contribution is 0.113. The van der Waals surface area contributed by atoms with Crippen LogP contribution in [0.2, 0.25) is 0 Å². The molecule has 7 heteroatoms. The Morgan fingerprint density at radius 2 is 2.07 bits per heavy atom. The third-order valence-corrected chi connectivity index (χ3v) is 6.72.